The molecule has 6 nitrogen and oxygen atoms in total. The highest BCUT2D eigenvalue weighted by molar-refractivity contribution is 5.39. The summed E-state index contributed by atoms with van der Waals surface area (Å²) in [4.78, 5) is 0. The predicted molar refractivity (Wildman–Crippen MR) is 104 cm³/mol. The molecule has 0 saturated carbocycles. The van der Waals surface area contributed by atoms with Crippen molar-refractivity contribution < 1.29 is 20.4 Å². The quantitative estimate of drug-likeness (QED) is 0.321. The van der Waals surface area contributed by atoms with Gasteiger partial charge in [0.2, 0.25) is 0 Å². The monoisotopic (exact) mass is 368 g/mol. The average Bonchev–Trinajstić information content (AvgIpc) is 2.49. The largest absolute Gasteiger partial charge is 0.393 e. The second-order valence-corrected chi connectivity index (χ2v) is 7.46. The van der Waals surface area contributed by atoms with Crippen LogP contribution in [0.15, 0.2) is 12.1 Å². The summed E-state index contributed by atoms with van der Waals surface area (Å²) < 4.78 is 0. The SMILES string of the molecule is CC(O)CNCc1cc(CC(C)O)c(CC(C)O)cc1CNCC(C)O. The molecule has 0 aromatic heterocycles. The fraction of sp³-hybridized carbons (Fsp3) is 0.700. The molecule has 1 aromatic rings. The van der Waals surface area contributed by atoms with Crippen LogP contribution in [0.1, 0.15) is 49.9 Å². The summed E-state index contributed by atoms with van der Waals surface area (Å²) in [5.41, 5.74) is 4.26. The number of nitrogens with one attached hydrogen (secondary N) is 2. The molecule has 6 N–H and O–H groups in total. The van der Waals surface area contributed by atoms with Gasteiger partial charge in [-0.25, -0.2) is 0 Å². The average molecular weight is 369 g/mol. The van der Waals surface area contributed by atoms with Crippen LogP contribution in [-0.2, 0) is 25.9 Å². The summed E-state index contributed by atoms with van der Waals surface area (Å²) in [5, 5.41) is 45.0. The van der Waals surface area contributed by atoms with Crippen molar-refractivity contribution in [1.29, 1.82) is 0 Å². The molecule has 0 spiro atoms. The van der Waals surface area contributed by atoms with E-state index < -0.39 is 24.4 Å². The van der Waals surface area contributed by atoms with Gasteiger partial charge in [-0.15, -0.1) is 0 Å². The molecular formula is C20H36N2O4. The highest BCUT2D eigenvalue weighted by Gasteiger charge is 2.14. The van der Waals surface area contributed by atoms with Gasteiger partial charge in [-0.3, -0.25) is 0 Å². The maximum Gasteiger partial charge on any atom is 0.0636 e. The minimum atomic E-state index is -0.458. The van der Waals surface area contributed by atoms with Crippen LogP contribution in [0.4, 0.5) is 0 Å². The molecule has 0 heterocycles. The molecule has 0 aliphatic rings. The maximum atomic E-state index is 9.82. The zero-order valence-corrected chi connectivity index (χ0v) is 16.5. The van der Waals surface area contributed by atoms with E-state index in [0.29, 0.717) is 39.0 Å². The van der Waals surface area contributed by atoms with Crippen molar-refractivity contribution in [2.75, 3.05) is 13.1 Å². The second kappa shape index (κ2) is 11.6. The van der Waals surface area contributed by atoms with Gasteiger partial charge in [0.15, 0.2) is 0 Å². The second-order valence-electron chi connectivity index (χ2n) is 7.46. The van der Waals surface area contributed by atoms with Crippen LogP contribution in [0.3, 0.4) is 0 Å². The van der Waals surface area contributed by atoms with Crippen molar-refractivity contribution in [2.24, 2.45) is 0 Å². The highest BCUT2D eigenvalue weighted by atomic mass is 16.3. The first-order chi connectivity index (χ1) is 12.2. The van der Waals surface area contributed by atoms with Crippen LogP contribution in [-0.4, -0.2) is 57.9 Å². The summed E-state index contributed by atoms with van der Waals surface area (Å²) in [6.45, 7) is 9.22. The molecular weight excluding hydrogens is 332 g/mol. The zero-order valence-electron chi connectivity index (χ0n) is 16.5. The van der Waals surface area contributed by atoms with Crippen molar-refractivity contribution in [2.45, 2.75) is 78.0 Å². The Morgan fingerprint density at radius 3 is 1.23 bits per heavy atom. The molecule has 0 fully saturated rings. The van der Waals surface area contributed by atoms with E-state index in [1.165, 1.54) is 0 Å². The summed E-state index contributed by atoms with van der Waals surface area (Å²) >= 11 is 0. The van der Waals surface area contributed by atoms with Crippen molar-refractivity contribution in [3.63, 3.8) is 0 Å². The fourth-order valence-electron chi connectivity index (χ4n) is 2.97. The third-order valence-electron chi connectivity index (χ3n) is 4.06. The fourth-order valence-corrected chi connectivity index (χ4v) is 2.97. The van der Waals surface area contributed by atoms with E-state index in [1.807, 2.05) is 0 Å². The standard InChI is InChI=1S/C20H36N2O4/c1-13(23)5-17-7-19(11-21-9-15(3)25)20(12-22-10-16(4)26)8-18(17)6-14(2)24/h7-8,13-16,21-26H,5-6,9-12H2,1-4H3. The minimum absolute atomic E-state index is 0.418. The van der Waals surface area contributed by atoms with Gasteiger partial charge in [0, 0.05) is 26.2 Å². The van der Waals surface area contributed by atoms with Gasteiger partial charge in [0.1, 0.15) is 0 Å². The number of rotatable bonds is 12. The zero-order chi connectivity index (χ0) is 19.7. The van der Waals surface area contributed by atoms with E-state index in [-0.39, 0.29) is 0 Å². The summed E-state index contributed by atoms with van der Waals surface area (Å²) in [7, 11) is 0. The lowest BCUT2D eigenvalue weighted by atomic mass is 9.92. The van der Waals surface area contributed by atoms with E-state index in [1.54, 1.807) is 27.7 Å². The molecule has 150 valence electrons. The van der Waals surface area contributed by atoms with Gasteiger partial charge >= 0.3 is 0 Å². The molecule has 0 aliphatic heterocycles. The summed E-state index contributed by atoms with van der Waals surface area (Å²) in [5.74, 6) is 0. The van der Waals surface area contributed by atoms with E-state index in [2.05, 4.69) is 22.8 Å². The molecule has 0 aliphatic carbocycles. The smallest absolute Gasteiger partial charge is 0.0636 e. The van der Waals surface area contributed by atoms with Crippen molar-refractivity contribution in [3.8, 4) is 0 Å². The lowest BCUT2D eigenvalue weighted by Crippen LogP contribution is -2.27. The number of benzene rings is 1. The molecule has 0 saturated heterocycles. The van der Waals surface area contributed by atoms with E-state index in [4.69, 9.17) is 0 Å². The molecule has 6 heteroatoms. The number of hydrogen-bond acceptors (Lipinski definition) is 6. The number of hydrogen-bond donors (Lipinski definition) is 6. The van der Waals surface area contributed by atoms with Gasteiger partial charge in [-0.2, -0.15) is 0 Å². The van der Waals surface area contributed by atoms with Crippen LogP contribution in [0.2, 0.25) is 0 Å². The Morgan fingerprint density at radius 2 is 0.962 bits per heavy atom. The third kappa shape index (κ3) is 9.07. The molecule has 0 radical (unpaired) electrons. The molecule has 0 amide bonds. The van der Waals surface area contributed by atoms with Crippen LogP contribution in [0.5, 0.6) is 0 Å². The lowest BCUT2D eigenvalue weighted by molar-refractivity contribution is 0.188. The normalized spacial score (nSPS) is 16.3. The Morgan fingerprint density at radius 1 is 0.615 bits per heavy atom. The van der Waals surface area contributed by atoms with Gasteiger partial charge in [0.25, 0.3) is 0 Å². The van der Waals surface area contributed by atoms with Crippen LogP contribution in [0, 0.1) is 0 Å². The van der Waals surface area contributed by atoms with Gasteiger partial charge < -0.3 is 31.1 Å². The molecule has 0 bridgehead atoms. The van der Waals surface area contributed by atoms with Crippen molar-refractivity contribution in [1.82, 2.24) is 10.6 Å². The van der Waals surface area contributed by atoms with Crippen LogP contribution < -0.4 is 10.6 Å². The molecule has 26 heavy (non-hydrogen) atoms. The Hall–Kier alpha value is -1.02. The number of aliphatic hydroxyl groups is 4. The van der Waals surface area contributed by atoms with Crippen LogP contribution in [0.25, 0.3) is 0 Å². The summed E-state index contributed by atoms with van der Waals surface area (Å²) in [6.07, 6.45) is -0.684. The van der Waals surface area contributed by atoms with Crippen LogP contribution >= 0.6 is 0 Å². The first-order valence-electron chi connectivity index (χ1n) is 9.46. The maximum absolute atomic E-state index is 9.82. The van der Waals surface area contributed by atoms with Gasteiger partial charge in [0.05, 0.1) is 24.4 Å². The lowest BCUT2D eigenvalue weighted by Gasteiger charge is -2.20. The first kappa shape index (κ1) is 23.0. The molecule has 1 aromatic carbocycles. The van der Waals surface area contributed by atoms with E-state index >= 15 is 0 Å². The Kier molecular flexibility index (Phi) is 10.3. The topological polar surface area (TPSA) is 105 Å². The Balaban J connectivity index is 3.09. The predicted octanol–water partition coefficient (Wildman–Crippen LogP) is 0.474. The van der Waals surface area contributed by atoms with Gasteiger partial charge in [-0.1, -0.05) is 12.1 Å². The third-order valence-corrected chi connectivity index (χ3v) is 4.06. The molecule has 4 atom stereocenters. The first-order valence-corrected chi connectivity index (χ1v) is 9.46. The molecule has 1 rings (SSSR count). The summed E-state index contributed by atoms with van der Waals surface area (Å²) in [6, 6.07) is 4.16. The Bertz CT molecular complexity index is 484. The van der Waals surface area contributed by atoms with Crippen molar-refractivity contribution in [3.05, 3.63) is 34.4 Å². The highest BCUT2D eigenvalue weighted by Crippen LogP contribution is 2.21. The van der Waals surface area contributed by atoms with Gasteiger partial charge in [-0.05, 0) is 62.8 Å². The van der Waals surface area contributed by atoms with E-state index in [9.17, 15) is 20.4 Å². The minimum Gasteiger partial charge on any atom is -0.393 e. The van der Waals surface area contributed by atoms with Crippen molar-refractivity contribution >= 4 is 0 Å². The van der Waals surface area contributed by atoms with E-state index in [0.717, 1.165) is 22.3 Å². The Labute approximate surface area is 157 Å². The molecule has 4 unspecified atom stereocenters. The number of aliphatic hydroxyl groups excluding tert-OH is 4.